The molecule has 0 saturated heterocycles. The molecule has 0 aromatic heterocycles. The Hall–Kier alpha value is -5.58. The highest BCUT2D eigenvalue weighted by atomic mass is 31.2. The Bertz CT molecular complexity index is 2680. The summed E-state index contributed by atoms with van der Waals surface area (Å²) in [4.78, 5) is 73.0. The van der Waals surface area contributed by atoms with Crippen molar-refractivity contribution >= 4 is 39.5 Å². The molecule has 17 nitrogen and oxygen atoms in total. The first-order valence-electron chi connectivity index (χ1n) is 40.4. The van der Waals surface area contributed by atoms with E-state index < -0.39 is 97.5 Å². The lowest BCUT2D eigenvalue weighted by Gasteiger charge is -2.21. The highest BCUT2D eigenvalue weighted by Crippen LogP contribution is 2.45. The molecule has 3 N–H and O–H groups in total. The van der Waals surface area contributed by atoms with Gasteiger partial charge in [0, 0.05) is 19.3 Å². The Morgan fingerprint density at radius 1 is 0.283 bits per heavy atom. The average Bonchev–Trinajstić information content (AvgIpc) is 0.903. The number of carbonyl (C=O) groups is 4. The van der Waals surface area contributed by atoms with Crippen LogP contribution in [0.25, 0.3) is 0 Å². The molecular weight excluding hydrogens is 1380 g/mol. The first kappa shape index (κ1) is 100. The van der Waals surface area contributed by atoms with Crippen LogP contribution in [0.4, 0.5) is 0 Å². The third-order valence-electron chi connectivity index (χ3n) is 16.2. The third-order valence-corrected chi connectivity index (χ3v) is 18.1. The number of hydrogen-bond donors (Lipinski definition) is 3. The summed E-state index contributed by atoms with van der Waals surface area (Å²) in [6.07, 6.45) is 92.2. The van der Waals surface area contributed by atoms with Crippen molar-refractivity contribution in [1.82, 2.24) is 0 Å². The molecule has 0 spiro atoms. The average molecular weight is 1520 g/mol. The van der Waals surface area contributed by atoms with Gasteiger partial charge in [-0.05, 0) is 154 Å². The Morgan fingerprint density at radius 3 is 0.877 bits per heavy atom. The number of aliphatic hydroxyl groups excluding tert-OH is 1. The summed E-state index contributed by atoms with van der Waals surface area (Å²) in [5, 5.41) is 10.6. The first-order chi connectivity index (χ1) is 51.7. The number of rotatable bonds is 74. The van der Waals surface area contributed by atoms with Gasteiger partial charge in [-0.3, -0.25) is 37.3 Å². The summed E-state index contributed by atoms with van der Waals surface area (Å²) >= 11 is 0. The zero-order valence-electron chi connectivity index (χ0n) is 65.8. The predicted molar refractivity (Wildman–Crippen MR) is 436 cm³/mol. The van der Waals surface area contributed by atoms with Gasteiger partial charge in [0.25, 0.3) is 0 Å². The lowest BCUT2D eigenvalue weighted by Crippen LogP contribution is -2.30. The molecule has 0 saturated carbocycles. The minimum Gasteiger partial charge on any atom is -0.462 e. The zero-order chi connectivity index (χ0) is 77.4. The Labute approximate surface area is 642 Å². The summed E-state index contributed by atoms with van der Waals surface area (Å²) in [5.41, 5.74) is 0. The molecule has 602 valence electrons. The van der Waals surface area contributed by atoms with E-state index in [0.717, 1.165) is 199 Å². The highest BCUT2D eigenvalue weighted by Gasteiger charge is 2.30. The minimum atomic E-state index is -5.01. The molecule has 106 heavy (non-hydrogen) atoms. The van der Waals surface area contributed by atoms with Crippen molar-refractivity contribution in [3.8, 4) is 0 Å². The molecular formula is C87H142O17P2. The maximum atomic E-state index is 13.1. The fourth-order valence-electron chi connectivity index (χ4n) is 10.1. The zero-order valence-corrected chi connectivity index (χ0v) is 67.6. The summed E-state index contributed by atoms with van der Waals surface area (Å²) in [5.74, 6) is -2.38. The molecule has 0 amide bonds. The van der Waals surface area contributed by atoms with Crippen LogP contribution in [-0.4, -0.2) is 96.7 Å². The SMILES string of the molecule is CC/C=C\C/C=C\C/C=C\C/C=C\C/C=C\CC(=O)OC(COC(=O)CCCCCCCC/C=C\C/C=C\C/C=C\CCCCC)COP(=O)(O)OCC(O)COP(=O)(O)OCC(COC(=O)CCCCCCCC/C=C\C/C=C\C/C=C\C/C=C\CC)OC(=O)CCCCCCC/C=C\C/C=C\CCC. The van der Waals surface area contributed by atoms with Crippen molar-refractivity contribution in [2.45, 2.75) is 316 Å². The van der Waals surface area contributed by atoms with E-state index in [1.807, 2.05) is 12.2 Å². The molecule has 0 aromatic carbocycles. The van der Waals surface area contributed by atoms with Crippen molar-refractivity contribution in [2.75, 3.05) is 39.6 Å². The van der Waals surface area contributed by atoms with E-state index in [1.165, 1.54) is 19.3 Å². The van der Waals surface area contributed by atoms with Crippen LogP contribution in [0.15, 0.2) is 170 Å². The fourth-order valence-corrected chi connectivity index (χ4v) is 11.7. The van der Waals surface area contributed by atoms with E-state index in [4.69, 9.17) is 37.0 Å². The Kier molecular flexibility index (Phi) is 73.5. The van der Waals surface area contributed by atoms with Crippen LogP contribution in [0.3, 0.4) is 0 Å². The van der Waals surface area contributed by atoms with E-state index in [2.05, 4.69) is 174 Å². The predicted octanol–water partition coefficient (Wildman–Crippen LogP) is 23.8. The van der Waals surface area contributed by atoms with Gasteiger partial charge in [0.2, 0.25) is 0 Å². The summed E-state index contributed by atoms with van der Waals surface area (Å²) in [6, 6.07) is 0. The molecule has 0 fully saturated rings. The monoisotopic (exact) mass is 1520 g/mol. The third kappa shape index (κ3) is 76.6. The van der Waals surface area contributed by atoms with Gasteiger partial charge in [0.1, 0.15) is 19.3 Å². The van der Waals surface area contributed by atoms with Crippen molar-refractivity contribution in [3.05, 3.63) is 170 Å². The van der Waals surface area contributed by atoms with Gasteiger partial charge in [-0.25, -0.2) is 9.13 Å². The van der Waals surface area contributed by atoms with E-state index in [9.17, 15) is 43.2 Å². The molecule has 0 heterocycles. The molecule has 0 radical (unpaired) electrons. The normalized spacial score (nSPS) is 14.7. The summed E-state index contributed by atoms with van der Waals surface area (Å²) in [7, 11) is -10.0. The topological polar surface area (TPSA) is 237 Å². The van der Waals surface area contributed by atoms with E-state index in [0.29, 0.717) is 25.7 Å². The first-order valence-corrected chi connectivity index (χ1v) is 43.4. The number of allylic oxidation sites excluding steroid dienone is 27. The van der Waals surface area contributed by atoms with E-state index in [-0.39, 0.29) is 25.7 Å². The van der Waals surface area contributed by atoms with E-state index >= 15 is 0 Å². The summed E-state index contributed by atoms with van der Waals surface area (Å²) in [6.45, 7) is 4.38. The van der Waals surface area contributed by atoms with Crippen LogP contribution >= 0.6 is 15.6 Å². The molecule has 5 atom stereocenters. The van der Waals surface area contributed by atoms with Gasteiger partial charge in [0.05, 0.1) is 32.8 Å². The van der Waals surface area contributed by atoms with Crippen molar-refractivity contribution in [1.29, 1.82) is 0 Å². The number of ether oxygens (including phenoxy) is 4. The van der Waals surface area contributed by atoms with Crippen LogP contribution in [0.1, 0.15) is 297 Å². The molecule has 5 unspecified atom stereocenters. The van der Waals surface area contributed by atoms with Crippen LogP contribution in [0.2, 0.25) is 0 Å². The molecule has 0 aliphatic heterocycles. The number of carbonyl (C=O) groups excluding carboxylic acids is 4. The van der Waals surface area contributed by atoms with Gasteiger partial charge in [-0.1, -0.05) is 288 Å². The quantitative estimate of drug-likeness (QED) is 0.0169. The van der Waals surface area contributed by atoms with Gasteiger partial charge in [0.15, 0.2) is 12.2 Å². The van der Waals surface area contributed by atoms with E-state index in [1.54, 1.807) is 12.2 Å². The number of phosphoric acid groups is 2. The van der Waals surface area contributed by atoms with Crippen LogP contribution in [0.5, 0.6) is 0 Å². The summed E-state index contributed by atoms with van der Waals surface area (Å²) < 4.78 is 68.5. The highest BCUT2D eigenvalue weighted by molar-refractivity contribution is 7.47. The van der Waals surface area contributed by atoms with Crippen molar-refractivity contribution < 1.29 is 80.2 Å². The van der Waals surface area contributed by atoms with Gasteiger partial charge in [-0.2, -0.15) is 0 Å². The number of hydrogen-bond acceptors (Lipinski definition) is 15. The van der Waals surface area contributed by atoms with Gasteiger partial charge >= 0.3 is 39.5 Å². The lowest BCUT2D eigenvalue weighted by molar-refractivity contribution is -0.161. The van der Waals surface area contributed by atoms with Gasteiger partial charge in [-0.15, -0.1) is 0 Å². The molecule has 0 aliphatic rings. The minimum absolute atomic E-state index is 0.0669. The number of unbranched alkanes of at least 4 members (excludes halogenated alkanes) is 21. The lowest BCUT2D eigenvalue weighted by atomic mass is 10.1. The van der Waals surface area contributed by atoms with Crippen LogP contribution < -0.4 is 0 Å². The van der Waals surface area contributed by atoms with Crippen LogP contribution in [0, 0.1) is 0 Å². The number of phosphoric ester groups is 2. The molecule has 0 aliphatic carbocycles. The molecule has 0 bridgehead atoms. The second-order valence-corrected chi connectivity index (χ2v) is 29.2. The second-order valence-electron chi connectivity index (χ2n) is 26.3. The smallest absolute Gasteiger partial charge is 0.462 e. The van der Waals surface area contributed by atoms with Crippen LogP contribution in [-0.2, 0) is 65.4 Å². The fraction of sp³-hybridized carbons (Fsp3) is 0.632. The molecule has 0 aromatic rings. The number of aliphatic hydroxyl groups is 1. The van der Waals surface area contributed by atoms with Crippen molar-refractivity contribution in [2.24, 2.45) is 0 Å². The standard InChI is InChI=1S/C87H142O17P2/c1-5-9-13-17-21-25-29-33-36-38-40-42-45-48-51-55-59-63-67-71-84(89)97-77-82(103-86(91)73-69-65-61-57-53-47-32-28-24-20-16-12-8-4)79-101-105(93,94)99-75-81(88)76-100-106(95,96)102-80-83(104-87(92)74-70-66-62-58-54-50-44-35-31-27-23-19-15-11-7-3)78-98-85(90)72-68-64-60-56-52-49-46-43-41-39-37-34-30-26-22-18-14-10-6-2/h9,11,13,15-16,20-23,25-28,32-37,40-44,54,58,66,70,81-83,88H,5-8,10,12,14,17-19,24,29-31,38-39,45-53,55-57,59-65,67-69,71-80H2,1-4H3,(H,93,94)(H,95,96)/b13-9-,15-11-,20-16-,25-21-,26-22-,27-23-,32-28-,36-33-,37-34-,42-40-,43-41-,44-35-,58-54-,70-66-. The number of esters is 4. The maximum absolute atomic E-state index is 13.1. The van der Waals surface area contributed by atoms with Gasteiger partial charge < -0.3 is 33.8 Å². The molecule has 0 rings (SSSR count). The largest absolute Gasteiger partial charge is 0.472 e. The second kappa shape index (κ2) is 77.6. The Morgan fingerprint density at radius 2 is 0.547 bits per heavy atom. The van der Waals surface area contributed by atoms with Crippen molar-refractivity contribution in [3.63, 3.8) is 0 Å². The molecule has 19 heteroatoms. The Balaban J connectivity index is 5.44. The maximum Gasteiger partial charge on any atom is 0.472 e.